The van der Waals surface area contributed by atoms with Crippen LogP contribution in [0.1, 0.15) is 17.2 Å². The molecule has 0 saturated carbocycles. The molecule has 3 aromatic rings. The SMILES string of the molecule is CN(C)S(=O)(=O)c1ccc(Cl)c(NC(=O)CN[C@@H](Cc2ccccc2)c2ccccc2)c1. The number of amides is 1. The number of nitrogens with one attached hydrogen (secondary N) is 2. The van der Waals surface area contributed by atoms with Crippen molar-refractivity contribution in [1.29, 1.82) is 0 Å². The lowest BCUT2D eigenvalue weighted by Crippen LogP contribution is -2.32. The number of carbonyl (C=O) groups is 1. The zero-order valence-electron chi connectivity index (χ0n) is 18.0. The number of hydrogen-bond acceptors (Lipinski definition) is 4. The summed E-state index contributed by atoms with van der Waals surface area (Å²) in [6, 6.07) is 24.1. The Balaban J connectivity index is 1.72. The lowest BCUT2D eigenvalue weighted by molar-refractivity contribution is -0.115. The minimum Gasteiger partial charge on any atom is -0.324 e. The van der Waals surface area contributed by atoms with Gasteiger partial charge in [-0.15, -0.1) is 0 Å². The zero-order chi connectivity index (χ0) is 23.1. The maximum Gasteiger partial charge on any atom is 0.242 e. The molecule has 0 bridgehead atoms. The first kappa shape index (κ1) is 23.9. The molecule has 1 atom stereocenters. The Kier molecular flexibility index (Phi) is 8.04. The van der Waals surface area contributed by atoms with E-state index in [0.717, 1.165) is 21.9 Å². The standard InChI is InChI=1S/C24H26ClN3O3S/c1-28(2)32(30,31)20-13-14-21(25)23(16-20)27-24(29)17-26-22(19-11-7-4-8-12-19)15-18-9-5-3-6-10-18/h3-14,16,22,26H,15,17H2,1-2H3,(H,27,29)/t22-/m0/s1. The van der Waals surface area contributed by atoms with Gasteiger partial charge >= 0.3 is 0 Å². The van der Waals surface area contributed by atoms with Crippen LogP contribution in [-0.2, 0) is 21.2 Å². The van der Waals surface area contributed by atoms with Crippen molar-refractivity contribution in [3.05, 3.63) is 95.0 Å². The van der Waals surface area contributed by atoms with Gasteiger partial charge in [0.1, 0.15) is 0 Å². The van der Waals surface area contributed by atoms with Crippen LogP contribution in [0.15, 0.2) is 83.8 Å². The van der Waals surface area contributed by atoms with E-state index in [0.29, 0.717) is 0 Å². The molecule has 0 aliphatic rings. The molecule has 1 amide bonds. The second-order valence-electron chi connectivity index (χ2n) is 7.51. The Morgan fingerprint density at radius 2 is 1.59 bits per heavy atom. The van der Waals surface area contributed by atoms with E-state index in [9.17, 15) is 13.2 Å². The Hall–Kier alpha value is -2.71. The van der Waals surface area contributed by atoms with Crippen LogP contribution in [0.5, 0.6) is 0 Å². The van der Waals surface area contributed by atoms with Crippen molar-refractivity contribution in [2.45, 2.75) is 17.4 Å². The molecule has 32 heavy (non-hydrogen) atoms. The molecule has 8 heteroatoms. The van der Waals surface area contributed by atoms with E-state index >= 15 is 0 Å². The molecule has 3 rings (SSSR count). The molecule has 0 spiro atoms. The first-order valence-electron chi connectivity index (χ1n) is 10.1. The van der Waals surface area contributed by atoms with E-state index in [2.05, 4.69) is 10.6 Å². The van der Waals surface area contributed by atoms with Crippen LogP contribution < -0.4 is 10.6 Å². The van der Waals surface area contributed by atoms with Gasteiger partial charge in [-0.25, -0.2) is 12.7 Å². The van der Waals surface area contributed by atoms with Gasteiger partial charge in [0.2, 0.25) is 15.9 Å². The fraction of sp³-hybridized carbons (Fsp3) is 0.208. The van der Waals surface area contributed by atoms with Gasteiger partial charge in [-0.2, -0.15) is 0 Å². The molecule has 3 aromatic carbocycles. The van der Waals surface area contributed by atoms with Crippen molar-refractivity contribution in [1.82, 2.24) is 9.62 Å². The molecular weight excluding hydrogens is 446 g/mol. The first-order valence-corrected chi connectivity index (χ1v) is 11.9. The Morgan fingerprint density at radius 1 is 0.969 bits per heavy atom. The largest absolute Gasteiger partial charge is 0.324 e. The minimum atomic E-state index is -3.64. The fourth-order valence-corrected chi connectivity index (χ4v) is 4.32. The average molecular weight is 472 g/mol. The van der Waals surface area contributed by atoms with Crippen LogP contribution in [0.4, 0.5) is 5.69 Å². The van der Waals surface area contributed by atoms with Crippen LogP contribution in [0.2, 0.25) is 5.02 Å². The summed E-state index contributed by atoms with van der Waals surface area (Å²) in [5.74, 6) is -0.319. The molecule has 0 aromatic heterocycles. The third-order valence-corrected chi connectivity index (χ3v) is 7.12. The van der Waals surface area contributed by atoms with E-state index in [1.165, 1.54) is 32.3 Å². The predicted octanol–water partition coefficient (Wildman–Crippen LogP) is 4.10. The molecular formula is C24H26ClN3O3S. The van der Waals surface area contributed by atoms with Crippen molar-refractivity contribution in [3.8, 4) is 0 Å². The molecule has 6 nitrogen and oxygen atoms in total. The first-order chi connectivity index (χ1) is 15.3. The quantitative estimate of drug-likeness (QED) is 0.492. The summed E-state index contributed by atoms with van der Waals surface area (Å²) in [6.45, 7) is 0.0351. The maximum absolute atomic E-state index is 12.7. The van der Waals surface area contributed by atoms with Gasteiger partial charge in [-0.3, -0.25) is 4.79 Å². The summed E-state index contributed by atoms with van der Waals surface area (Å²) >= 11 is 6.19. The van der Waals surface area contributed by atoms with Crippen molar-refractivity contribution >= 4 is 33.2 Å². The summed E-state index contributed by atoms with van der Waals surface area (Å²) in [5, 5.41) is 6.29. The highest BCUT2D eigenvalue weighted by Gasteiger charge is 2.19. The molecule has 0 heterocycles. The number of rotatable bonds is 9. The van der Waals surface area contributed by atoms with Crippen molar-refractivity contribution in [2.75, 3.05) is 26.0 Å². The van der Waals surface area contributed by atoms with Crippen molar-refractivity contribution in [3.63, 3.8) is 0 Å². The number of sulfonamides is 1. The van der Waals surface area contributed by atoms with Gasteiger partial charge in [-0.05, 0) is 35.7 Å². The topological polar surface area (TPSA) is 78.5 Å². The number of anilines is 1. The number of benzene rings is 3. The van der Waals surface area contributed by atoms with Crippen molar-refractivity contribution < 1.29 is 13.2 Å². The van der Waals surface area contributed by atoms with Gasteiger partial charge in [0.25, 0.3) is 0 Å². The molecule has 2 N–H and O–H groups in total. The molecule has 168 valence electrons. The highest BCUT2D eigenvalue weighted by atomic mass is 35.5. The summed E-state index contributed by atoms with van der Waals surface area (Å²) in [6.07, 6.45) is 0.718. The summed E-state index contributed by atoms with van der Waals surface area (Å²) < 4.78 is 25.9. The normalized spacial score (nSPS) is 12.5. The lowest BCUT2D eigenvalue weighted by atomic mass is 9.99. The van der Waals surface area contributed by atoms with Gasteiger partial charge in [0, 0.05) is 20.1 Å². The highest BCUT2D eigenvalue weighted by molar-refractivity contribution is 7.89. The van der Waals surface area contributed by atoms with E-state index in [-0.39, 0.29) is 34.1 Å². The smallest absolute Gasteiger partial charge is 0.242 e. The Labute approximate surface area is 194 Å². The number of hydrogen-bond donors (Lipinski definition) is 2. The van der Waals surface area contributed by atoms with Gasteiger partial charge < -0.3 is 10.6 Å². The van der Waals surface area contributed by atoms with E-state index in [1.807, 2.05) is 60.7 Å². The zero-order valence-corrected chi connectivity index (χ0v) is 19.5. The maximum atomic E-state index is 12.7. The minimum absolute atomic E-state index is 0.0351. The highest BCUT2D eigenvalue weighted by Crippen LogP contribution is 2.26. The molecule has 0 fully saturated rings. The second-order valence-corrected chi connectivity index (χ2v) is 10.1. The van der Waals surface area contributed by atoms with Crippen molar-refractivity contribution in [2.24, 2.45) is 0 Å². The third kappa shape index (κ3) is 6.17. The van der Waals surface area contributed by atoms with Crippen LogP contribution in [-0.4, -0.2) is 39.3 Å². The van der Waals surface area contributed by atoms with E-state index in [1.54, 1.807) is 0 Å². The summed E-state index contributed by atoms with van der Waals surface area (Å²) in [4.78, 5) is 12.7. The van der Waals surface area contributed by atoms with Gasteiger partial charge in [0.05, 0.1) is 22.2 Å². The predicted molar refractivity (Wildman–Crippen MR) is 128 cm³/mol. The van der Waals surface area contributed by atoms with Crippen LogP contribution >= 0.6 is 11.6 Å². The second kappa shape index (κ2) is 10.7. The molecule has 0 radical (unpaired) electrons. The number of nitrogens with zero attached hydrogens (tertiary/aromatic N) is 1. The number of carbonyl (C=O) groups excluding carboxylic acids is 1. The van der Waals surface area contributed by atoms with Gasteiger partial charge in [0.15, 0.2) is 0 Å². The van der Waals surface area contributed by atoms with Crippen LogP contribution in [0, 0.1) is 0 Å². The van der Waals surface area contributed by atoms with Gasteiger partial charge in [-0.1, -0.05) is 72.3 Å². The fourth-order valence-electron chi connectivity index (χ4n) is 3.22. The molecule has 0 aliphatic carbocycles. The molecule has 0 saturated heterocycles. The Morgan fingerprint density at radius 3 is 2.22 bits per heavy atom. The molecule has 0 unspecified atom stereocenters. The van der Waals surface area contributed by atoms with Crippen LogP contribution in [0.3, 0.4) is 0 Å². The summed E-state index contributed by atoms with van der Waals surface area (Å²) in [7, 11) is -0.747. The number of halogens is 1. The average Bonchev–Trinajstić information content (AvgIpc) is 2.79. The van der Waals surface area contributed by atoms with E-state index in [4.69, 9.17) is 11.6 Å². The summed E-state index contributed by atoms with van der Waals surface area (Å²) in [5.41, 5.74) is 2.47. The lowest BCUT2D eigenvalue weighted by Gasteiger charge is -2.20. The third-order valence-electron chi connectivity index (χ3n) is 4.98. The van der Waals surface area contributed by atoms with Crippen LogP contribution in [0.25, 0.3) is 0 Å². The molecule has 0 aliphatic heterocycles. The Bertz CT molecular complexity index is 1150. The van der Waals surface area contributed by atoms with E-state index < -0.39 is 10.0 Å². The monoisotopic (exact) mass is 471 g/mol.